The van der Waals surface area contributed by atoms with Crippen molar-refractivity contribution in [2.24, 2.45) is 4.99 Å². The minimum Gasteiger partial charge on any atom is -0.448 e. The Bertz CT molecular complexity index is 576. The first-order valence-corrected chi connectivity index (χ1v) is 6.63. The molecule has 0 spiro atoms. The lowest BCUT2D eigenvalue weighted by Crippen LogP contribution is -2.45. The number of hydrogen-bond donors (Lipinski definition) is 1. The molecule has 3 atom stereocenters. The number of aliphatic hydroxyl groups excluding tert-OH is 1. The molecule has 23 heavy (non-hydrogen) atoms. The van der Waals surface area contributed by atoms with Crippen LogP contribution < -0.4 is 0 Å². The second kappa shape index (κ2) is 6.79. The van der Waals surface area contributed by atoms with Crippen LogP contribution in [0, 0.1) is 0 Å². The molecule has 128 valence electrons. The van der Waals surface area contributed by atoms with Gasteiger partial charge in [0.2, 0.25) is 12.2 Å². The first-order chi connectivity index (χ1) is 10.7. The Hall–Kier alpha value is -1.74. The molecule has 0 aromatic heterocycles. The summed E-state index contributed by atoms with van der Waals surface area (Å²) in [4.78, 5) is 3.79. The number of aliphatic imine (C=N–C) groups is 1. The van der Waals surface area contributed by atoms with Crippen LogP contribution >= 0.6 is 0 Å². The minimum absolute atomic E-state index is 0.0589. The van der Waals surface area contributed by atoms with Crippen LogP contribution in [0.3, 0.4) is 0 Å². The van der Waals surface area contributed by atoms with Gasteiger partial charge in [-0.2, -0.15) is 13.2 Å². The number of benzene rings is 1. The Morgan fingerprint density at radius 3 is 2.61 bits per heavy atom. The summed E-state index contributed by atoms with van der Waals surface area (Å²) < 4.78 is 73.6. The standard InChI is InChI=1S/C14H14F5NO3/c1-22-11(14(17,18)19)9-6-10(21)23-13(20-9)8-4-2-3-7(5-8)12(15)16/h2-5,9-12,21H,6H2,1H3. The Kier molecular flexibility index (Phi) is 5.20. The van der Waals surface area contributed by atoms with Gasteiger partial charge in [0.05, 0.1) is 6.04 Å². The van der Waals surface area contributed by atoms with E-state index in [0.29, 0.717) is 0 Å². The molecule has 1 aliphatic rings. The molecule has 4 nitrogen and oxygen atoms in total. The summed E-state index contributed by atoms with van der Waals surface area (Å²) in [6, 6.07) is 3.44. The van der Waals surface area contributed by atoms with Gasteiger partial charge in [-0.25, -0.2) is 13.8 Å². The van der Waals surface area contributed by atoms with Gasteiger partial charge in [-0.05, 0) is 12.1 Å². The molecule has 2 rings (SSSR count). The molecular formula is C14H14F5NO3. The number of aliphatic hydroxyl groups is 1. The van der Waals surface area contributed by atoms with Gasteiger partial charge in [-0.15, -0.1) is 0 Å². The van der Waals surface area contributed by atoms with E-state index in [1.54, 1.807) is 0 Å². The molecule has 0 amide bonds. The first-order valence-electron chi connectivity index (χ1n) is 6.63. The van der Waals surface area contributed by atoms with Crippen LogP contribution in [0.25, 0.3) is 0 Å². The van der Waals surface area contributed by atoms with E-state index in [-0.39, 0.29) is 17.0 Å². The Balaban J connectivity index is 2.35. The zero-order chi connectivity index (χ0) is 17.2. The number of ether oxygens (including phenoxy) is 2. The van der Waals surface area contributed by atoms with Crippen molar-refractivity contribution < 1.29 is 36.5 Å². The molecule has 1 aromatic rings. The number of nitrogens with zero attached hydrogens (tertiary/aromatic N) is 1. The molecule has 1 aromatic carbocycles. The normalized spacial score (nSPS) is 23.4. The van der Waals surface area contributed by atoms with Gasteiger partial charge >= 0.3 is 6.18 Å². The third-order valence-electron chi connectivity index (χ3n) is 3.29. The van der Waals surface area contributed by atoms with Crippen molar-refractivity contribution in [1.29, 1.82) is 0 Å². The van der Waals surface area contributed by atoms with E-state index in [0.717, 1.165) is 13.2 Å². The van der Waals surface area contributed by atoms with E-state index >= 15 is 0 Å². The maximum absolute atomic E-state index is 12.9. The predicted octanol–water partition coefficient (Wildman–Crippen LogP) is 3.06. The van der Waals surface area contributed by atoms with Gasteiger partial charge < -0.3 is 14.6 Å². The van der Waals surface area contributed by atoms with Gasteiger partial charge in [0, 0.05) is 24.7 Å². The van der Waals surface area contributed by atoms with E-state index in [1.807, 2.05) is 0 Å². The summed E-state index contributed by atoms with van der Waals surface area (Å²) in [5.41, 5.74) is -0.270. The third kappa shape index (κ3) is 4.17. The number of methoxy groups -OCH3 is 1. The van der Waals surface area contributed by atoms with Crippen molar-refractivity contribution in [3.05, 3.63) is 35.4 Å². The maximum Gasteiger partial charge on any atom is 0.416 e. The highest BCUT2D eigenvalue weighted by Gasteiger charge is 2.47. The summed E-state index contributed by atoms with van der Waals surface area (Å²) >= 11 is 0. The zero-order valence-corrected chi connectivity index (χ0v) is 11.9. The number of halogens is 5. The predicted molar refractivity (Wildman–Crippen MR) is 70.3 cm³/mol. The second-order valence-electron chi connectivity index (χ2n) is 4.93. The van der Waals surface area contributed by atoms with Gasteiger partial charge in [0.15, 0.2) is 6.10 Å². The van der Waals surface area contributed by atoms with Crippen molar-refractivity contribution in [2.45, 2.75) is 37.5 Å². The fourth-order valence-electron chi connectivity index (χ4n) is 2.27. The van der Waals surface area contributed by atoms with E-state index in [1.165, 1.54) is 18.2 Å². The molecule has 0 aliphatic carbocycles. The molecule has 9 heteroatoms. The van der Waals surface area contributed by atoms with Gasteiger partial charge in [0.25, 0.3) is 6.43 Å². The van der Waals surface area contributed by atoms with Crippen molar-refractivity contribution >= 4 is 5.90 Å². The van der Waals surface area contributed by atoms with E-state index < -0.39 is 37.5 Å². The third-order valence-corrected chi connectivity index (χ3v) is 3.29. The van der Waals surface area contributed by atoms with Crippen LogP contribution in [0.15, 0.2) is 29.3 Å². The average molecular weight is 339 g/mol. The molecule has 0 bridgehead atoms. The van der Waals surface area contributed by atoms with E-state index in [9.17, 15) is 27.1 Å². The fourth-order valence-corrected chi connectivity index (χ4v) is 2.27. The lowest BCUT2D eigenvalue weighted by atomic mass is 10.0. The SMILES string of the molecule is COC(C1CC(O)OC(c2cccc(C(F)F)c2)=N1)C(F)(F)F. The summed E-state index contributed by atoms with van der Waals surface area (Å²) in [6.45, 7) is 0. The highest BCUT2D eigenvalue weighted by molar-refractivity contribution is 5.94. The monoisotopic (exact) mass is 339 g/mol. The molecule has 0 saturated carbocycles. The molecule has 0 saturated heterocycles. The molecule has 0 fully saturated rings. The Morgan fingerprint density at radius 1 is 1.35 bits per heavy atom. The molecule has 3 unspecified atom stereocenters. The number of hydrogen-bond acceptors (Lipinski definition) is 4. The van der Waals surface area contributed by atoms with Crippen molar-refractivity contribution in [3.8, 4) is 0 Å². The number of alkyl halides is 5. The van der Waals surface area contributed by atoms with Crippen LogP contribution in [0.5, 0.6) is 0 Å². The first kappa shape index (κ1) is 17.6. The van der Waals surface area contributed by atoms with Crippen LogP contribution in [0.1, 0.15) is 24.0 Å². The highest BCUT2D eigenvalue weighted by Crippen LogP contribution is 2.31. The van der Waals surface area contributed by atoms with Crippen molar-refractivity contribution in [3.63, 3.8) is 0 Å². The van der Waals surface area contributed by atoms with Gasteiger partial charge in [-0.3, -0.25) is 0 Å². The summed E-state index contributed by atoms with van der Waals surface area (Å²) in [7, 11) is 0.882. The quantitative estimate of drug-likeness (QED) is 0.858. The lowest BCUT2D eigenvalue weighted by Gasteiger charge is -2.31. The summed E-state index contributed by atoms with van der Waals surface area (Å²) in [6.07, 6.45) is -11.6. The van der Waals surface area contributed by atoms with Crippen LogP contribution in [0.4, 0.5) is 22.0 Å². The maximum atomic E-state index is 12.9. The molecular weight excluding hydrogens is 325 g/mol. The second-order valence-corrected chi connectivity index (χ2v) is 4.93. The van der Waals surface area contributed by atoms with Crippen molar-refractivity contribution in [2.75, 3.05) is 7.11 Å². The number of rotatable bonds is 4. The molecule has 1 heterocycles. The Labute approximate surface area is 128 Å². The summed E-state index contributed by atoms with van der Waals surface area (Å²) in [5.74, 6) is -0.331. The fraction of sp³-hybridized carbons (Fsp3) is 0.500. The Morgan fingerprint density at radius 2 is 2.04 bits per heavy atom. The van der Waals surface area contributed by atoms with Crippen molar-refractivity contribution in [1.82, 2.24) is 0 Å². The highest BCUT2D eigenvalue weighted by atomic mass is 19.4. The topological polar surface area (TPSA) is 51.0 Å². The van der Waals surface area contributed by atoms with Crippen LogP contribution in [-0.4, -0.2) is 42.7 Å². The zero-order valence-electron chi connectivity index (χ0n) is 11.9. The van der Waals surface area contributed by atoms with E-state index in [2.05, 4.69) is 9.73 Å². The van der Waals surface area contributed by atoms with Crippen LogP contribution in [0.2, 0.25) is 0 Å². The van der Waals surface area contributed by atoms with Crippen LogP contribution in [-0.2, 0) is 9.47 Å². The molecule has 0 radical (unpaired) electrons. The minimum atomic E-state index is -4.68. The smallest absolute Gasteiger partial charge is 0.416 e. The average Bonchev–Trinajstić information content (AvgIpc) is 2.46. The summed E-state index contributed by atoms with van der Waals surface area (Å²) in [5, 5.41) is 9.63. The van der Waals surface area contributed by atoms with Gasteiger partial charge in [0.1, 0.15) is 0 Å². The van der Waals surface area contributed by atoms with Gasteiger partial charge in [-0.1, -0.05) is 12.1 Å². The van der Waals surface area contributed by atoms with E-state index in [4.69, 9.17) is 4.74 Å². The lowest BCUT2D eigenvalue weighted by molar-refractivity contribution is -0.223. The molecule has 1 N–H and O–H groups in total. The largest absolute Gasteiger partial charge is 0.448 e. The molecule has 1 aliphatic heterocycles.